The predicted molar refractivity (Wildman–Crippen MR) is 103 cm³/mol. The normalized spacial score (nSPS) is 11.2. The Balaban J connectivity index is 1.70. The second-order valence-electron chi connectivity index (χ2n) is 6.43. The molecule has 136 valence electrons. The lowest BCUT2D eigenvalue weighted by Crippen LogP contribution is -2.34. The van der Waals surface area contributed by atoms with E-state index in [1.54, 1.807) is 11.3 Å². The summed E-state index contributed by atoms with van der Waals surface area (Å²) in [4.78, 5) is 12.9. The van der Waals surface area contributed by atoms with Crippen molar-refractivity contribution in [1.82, 2.24) is 4.90 Å². The highest BCUT2D eigenvalue weighted by molar-refractivity contribution is 7.07. The van der Waals surface area contributed by atoms with Gasteiger partial charge in [-0.25, -0.2) is 0 Å². The minimum atomic E-state index is -0.746. The van der Waals surface area contributed by atoms with E-state index in [1.807, 2.05) is 12.1 Å². The molecule has 0 aliphatic carbocycles. The lowest BCUT2D eigenvalue weighted by Gasteiger charge is -2.25. The van der Waals surface area contributed by atoms with Crippen LogP contribution in [0.15, 0.2) is 41.1 Å². The van der Waals surface area contributed by atoms with Crippen molar-refractivity contribution in [3.63, 3.8) is 0 Å². The number of carbonyl (C=O) groups is 1. The summed E-state index contributed by atoms with van der Waals surface area (Å²) in [5.74, 6) is 0.139. The van der Waals surface area contributed by atoms with Gasteiger partial charge in [-0.3, -0.25) is 4.79 Å². The zero-order chi connectivity index (χ0) is 18.1. The van der Waals surface area contributed by atoms with Gasteiger partial charge in [-0.05, 0) is 66.8 Å². The van der Waals surface area contributed by atoms with Crippen LogP contribution in [0.4, 0.5) is 0 Å². The number of ether oxygens (including phenoxy) is 1. The molecule has 0 saturated carbocycles. The number of aliphatic carboxylic acids is 1. The first-order valence-electron chi connectivity index (χ1n) is 8.73. The van der Waals surface area contributed by atoms with Gasteiger partial charge in [0.2, 0.25) is 0 Å². The van der Waals surface area contributed by atoms with E-state index in [1.165, 1.54) is 11.1 Å². The van der Waals surface area contributed by atoms with E-state index in [9.17, 15) is 4.79 Å². The summed E-state index contributed by atoms with van der Waals surface area (Å²) in [5, 5.41) is 13.1. The molecule has 2 rings (SSSR count). The van der Waals surface area contributed by atoms with Crippen molar-refractivity contribution >= 4 is 17.3 Å². The minimum absolute atomic E-state index is 0.185. The summed E-state index contributed by atoms with van der Waals surface area (Å²) < 4.78 is 5.81. The van der Waals surface area contributed by atoms with Gasteiger partial charge < -0.3 is 14.7 Å². The van der Waals surface area contributed by atoms with Gasteiger partial charge in [0, 0.05) is 19.1 Å². The van der Waals surface area contributed by atoms with Crippen molar-refractivity contribution in [3.8, 4) is 5.75 Å². The van der Waals surface area contributed by atoms with E-state index >= 15 is 0 Å². The van der Waals surface area contributed by atoms with Crippen LogP contribution in [0.5, 0.6) is 5.75 Å². The standard InChI is InChI=1S/C20H27NO3S/c1-16(2)21(11-8-20(22)23)10-3-12-24-19-6-4-17(5-7-19)14-18-9-13-25-15-18/h4-7,9,13,15-16H,3,8,10-12,14H2,1-2H3,(H,22,23). The van der Waals surface area contributed by atoms with Crippen molar-refractivity contribution in [2.45, 2.75) is 39.2 Å². The van der Waals surface area contributed by atoms with Gasteiger partial charge in [0.05, 0.1) is 13.0 Å². The van der Waals surface area contributed by atoms with Gasteiger partial charge in [-0.1, -0.05) is 12.1 Å². The summed E-state index contributed by atoms with van der Waals surface area (Å²) in [5.41, 5.74) is 2.62. The van der Waals surface area contributed by atoms with E-state index in [-0.39, 0.29) is 6.42 Å². The molecule has 1 heterocycles. The molecular weight excluding hydrogens is 334 g/mol. The fourth-order valence-electron chi connectivity index (χ4n) is 2.66. The summed E-state index contributed by atoms with van der Waals surface area (Å²) in [6, 6.07) is 10.8. The zero-order valence-electron chi connectivity index (χ0n) is 15.0. The third kappa shape index (κ3) is 7.28. The molecule has 0 amide bonds. The van der Waals surface area contributed by atoms with E-state index in [4.69, 9.17) is 9.84 Å². The molecule has 2 aromatic rings. The topological polar surface area (TPSA) is 49.8 Å². The maximum Gasteiger partial charge on any atom is 0.304 e. The first-order valence-corrected chi connectivity index (χ1v) is 9.67. The van der Waals surface area contributed by atoms with Crippen LogP contribution in [0.2, 0.25) is 0 Å². The molecular formula is C20H27NO3S. The molecule has 1 aromatic heterocycles. The Kier molecular flexibility index (Phi) is 7.95. The number of thiophene rings is 1. The average Bonchev–Trinajstić information content (AvgIpc) is 3.08. The molecule has 0 aliphatic rings. The molecule has 0 saturated heterocycles. The van der Waals surface area contributed by atoms with Crippen molar-refractivity contribution in [2.24, 2.45) is 0 Å². The van der Waals surface area contributed by atoms with E-state index in [0.717, 1.165) is 25.1 Å². The molecule has 4 nitrogen and oxygen atoms in total. The monoisotopic (exact) mass is 361 g/mol. The fraction of sp³-hybridized carbons (Fsp3) is 0.450. The lowest BCUT2D eigenvalue weighted by atomic mass is 10.1. The van der Waals surface area contributed by atoms with Crippen LogP contribution in [0.25, 0.3) is 0 Å². The van der Waals surface area contributed by atoms with Crippen LogP contribution in [0.1, 0.15) is 37.8 Å². The van der Waals surface area contributed by atoms with Gasteiger partial charge in [-0.15, -0.1) is 0 Å². The third-order valence-corrected chi connectivity index (χ3v) is 4.85. The summed E-state index contributed by atoms with van der Waals surface area (Å²) in [6.45, 7) is 6.26. The largest absolute Gasteiger partial charge is 0.494 e. The molecule has 0 unspecified atom stereocenters. The van der Waals surface area contributed by atoms with Crippen molar-refractivity contribution in [1.29, 1.82) is 0 Å². The molecule has 1 aromatic carbocycles. The highest BCUT2D eigenvalue weighted by Gasteiger charge is 2.10. The van der Waals surface area contributed by atoms with Crippen LogP contribution in [-0.2, 0) is 11.2 Å². The maximum absolute atomic E-state index is 10.7. The number of hydrogen-bond acceptors (Lipinski definition) is 4. The minimum Gasteiger partial charge on any atom is -0.494 e. The summed E-state index contributed by atoms with van der Waals surface area (Å²) in [6.07, 6.45) is 2.02. The molecule has 0 radical (unpaired) electrons. The van der Waals surface area contributed by atoms with Crippen LogP contribution in [-0.4, -0.2) is 41.7 Å². The van der Waals surface area contributed by atoms with E-state index in [0.29, 0.717) is 19.2 Å². The molecule has 5 heteroatoms. The van der Waals surface area contributed by atoms with Gasteiger partial charge >= 0.3 is 5.97 Å². The first-order chi connectivity index (χ1) is 12.0. The quantitative estimate of drug-likeness (QED) is 0.607. The van der Waals surface area contributed by atoms with Gasteiger partial charge in [0.1, 0.15) is 5.75 Å². The molecule has 0 bridgehead atoms. The molecule has 0 aliphatic heterocycles. The molecule has 25 heavy (non-hydrogen) atoms. The second-order valence-corrected chi connectivity index (χ2v) is 7.21. The number of carboxylic acids is 1. The van der Waals surface area contributed by atoms with Gasteiger partial charge in [0.15, 0.2) is 0 Å². The van der Waals surface area contributed by atoms with Crippen LogP contribution in [0, 0.1) is 0 Å². The Bertz CT molecular complexity index is 623. The Morgan fingerprint density at radius 3 is 2.52 bits per heavy atom. The Morgan fingerprint density at radius 2 is 1.92 bits per heavy atom. The van der Waals surface area contributed by atoms with Crippen LogP contribution in [0.3, 0.4) is 0 Å². The number of benzene rings is 1. The molecule has 0 fully saturated rings. The second kappa shape index (κ2) is 10.2. The smallest absolute Gasteiger partial charge is 0.304 e. The average molecular weight is 362 g/mol. The van der Waals surface area contributed by atoms with Crippen LogP contribution >= 0.6 is 11.3 Å². The summed E-state index contributed by atoms with van der Waals surface area (Å²) >= 11 is 1.72. The highest BCUT2D eigenvalue weighted by atomic mass is 32.1. The van der Waals surface area contributed by atoms with Gasteiger partial charge in [-0.2, -0.15) is 11.3 Å². The highest BCUT2D eigenvalue weighted by Crippen LogP contribution is 2.17. The predicted octanol–water partition coefficient (Wildman–Crippen LogP) is 4.29. The van der Waals surface area contributed by atoms with Gasteiger partial charge in [0.25, 0.3) is 0 Å². The first kappa shape index (κ1) is 19.5. The van der Waals surface area contributed by atoms with E-state index in [2.05, 4.69) is 47.7 Å². The SMILES string of the molecule is CC(C)N(CCCOc1ccc(Cc2ccsc2)cc1)CCC(=O)O. The van der Waals surface area contributed by atoms with Crippen LogP contribution < -0.4 is 4.74 Å². The number of rotatable bonds is 11. The lowest BCUT2D eigenvalue weighted by molar-refractivity contribution is -0.137. The summed E-state index contributed by atoms with van der Waals surface area (Å²) in [7, 11) is 0. The fourth-order valence-corrected chi connectivity index (χ4v) is 3.33. The Labute approximate surface area is 154 Å². The van der Waals surface area contributed by atoms with Crippen molar-refractivity contribution < 1.29 is 14.6 Å². The molecule has 1 N–H and O–H groups in total. The van der Waals surface area contributed by atoms with E-state index < -0.39 is 5.97 Å². The number of hydrogen-bond donors (Lipinski definition) is 1. The number of nitrogens with zero attached hydrogens (tertiary/aromatic N) is 1. The maximum atomic E-state index is 10.7. The van der Waals surface area contributed by atoms with Crippen molar-refractivity contribution in [3.05, 3.63) is 52.2 Å². The third-order valence-electron chi connectivity index (χ3n) is 4.11. The Hall–Kier alpha value is -1.85. The molecule has 0 spiro atoms. The Morgan fingerprint density at radius 1 is 1.16 bits per heavy atom. The van der Waals surface area contributed by atoms with Crippen molar-refractivity contribution in [2.75, 3.05) is 19.7 Å². The molecule has 0 atom stereocenters. The zero-order valence-corrected chi connectivity index (χ0v) is 15.8. The number of carboxylic acid groups (broad SMARTS) is 1.